The zero-order chi connectivity index (χ0) is 30.3. The Hall–Kier alpha value is -4.20. The summed E-state index contributed by atoms with van der Waals surface area (Å²) in [5.41, 5.74) is 4.22. The summed E-state index contributed by atoms with van der Waals surface area (Å²) in [7, 11) is 0. The number of alkyl halides is 3. The molecule has 0 spiro atoms. The molecule has 1 amide bonds. The molecule has 222 valence electrons. The zero-order valence-corrected chi connectivity index (χ0v) is 23.2. The van der Waals surface area contributed by atoms with Crippen LogP contribution in [0.2, 0.25) is 5.02 Å². The number of halogens is 4. The number of hydrogen-bond donors (Lipinski definition) is 3. The van der Waals surface area contributed by atoms with Gasteiger partial charge in [0.15, 0.2) is 5.82 Å². The molecule has 0 saturated carbocycles. The fraction of sp³-hybridized carbons (Fsp3) is 0.286. The van der Waals surface area contributed by atoms with Crippen molar-refractivity contribution in [1.82, 2.24) is 25.0 Å². The molecule has 0 atom stereocenters. The molecule has 1 saturated heterocycles. The summed E-state index contributed by atoms with van der Waals surface area (Å²) >= 11 is 6.43. The lowest BCUT2D eigenvalue weighted by atomic mass is 10.2. The van der Waals surface area contributed by atoms with Crippen molar-refractivity contribution in [1.29, 1.82) is 0 Å². The molecule has 4 aromatic rings. The van der Waals surface area contributed by atoms with Gasteiger partial charge in [-0.15, -0.1) is 0 Å². The third-order valence-electron chi connectivity index (χ3n) is 6.32. The number of nitrogens with one attached hydrogen (secondary N) is 2. The molecule has 5 rings (SSSR count). The van der Waals surface area contributed by atoms with Crippen molar-refractivity contribution in [3.05, 3.63) is 77.1 Å². The molecule has 1 aliphatic rings. The molecule has 14 heteroatoms. The number of carboxylic acids is 1. The first-order valence-corrected chi connectivity index (χ1v) is 13.3. The number of anilines is 2. The number of pyridine rings is 1. The van der Waals surface area contributed by atoms with Gasteiger partial charge in [0, 0.05) is 49.0 Å². The molecule has 0 unspecified atom stereocenters. The van der Waals surface area contributed by atoms with Crippen LogP contribution in [0, 0.1) is 6.92 Å². The quantitative estimate of drug-likeness (QED) is 0.275. The number of carbonyl (C=O) groups excluding carboxylic acids is 1. The molecule has 3 heterocycles. The van der Waals surface area contributed by atoms with Gasteiger partial charge < -0.3 is 20.5 Å². The highest BCUT2D eigenvalue weighted by molar-refractivity contribution is 6.34. The van der Waals surface area contributed by atoms with Crippen molar-refractivity contribution in [2.24, 2.45) is 0 Å². The van der Waals surface area contributed by atoms with E-state index >= 15 is 0 Å². The van der Waals surface area contributed by atoms with Gasteiger partial charge in [0.1, 0.15) is 0 Å². The van der Waals surface area contributed by atoms with Crippen molar-refractivity contribution in [2.45, 2.75) is 13.1 Å². The number of rotatable bonds is 7. The number of morpholine rings is 1. The second-order valence-electron chi connectivity index (χ2n) is 9.31. The SMILES string of the molecule is Cc1cccc(Nc2ccc3c(cnn3-c3cc(C(=O)NCCN4CCOCC4)ccn3)c2)c1Cl.O=C(O)C(F)(F)F. The van der Waals surface area contributed by atoms with E-state index in [-0.39, 0.29) is 5.91 Å². The topological polar surface area (TPSA) is 122 Å². The van der Waals surface area contributed by atoms with Crippen LogP contribution in [-0.2, 0) is 9.53 Å². The maximum absolute atomic E-state index is 12.7. The number of aliphatic carboxylic acids is 1. The number of carbonyl (C=O) groups is 2. The first-order valence-electron chi connectivity index (χ1n) is 12.9. The summed E-state index contributed by atoms with van der Waals surface area (Å²) in [5, 5.41) is 19.7. The van der Waals surface area contributed by atoms with Crippen LogP contribution in [0.25, 0.3) is 16.7 Å². The van der Waals surface area contributed by atoms with Gasteiger partial charge in [-0.1, -0.05) is 23.7 Å². The van der Waals surface area contributed by atoms with Gasteiger partial charge in [0.25, 0.3) is 5.91 Å². The molecular formula is C28H28ClF3N6O4. The lowest BCUT2D eigenvalue weighted by Gasteiger charge is -2.26. The normalized spacial score (nSPS) is 13.7. The van der Waals surface area contributed by atoms with E-state index in [2.05, 4.69) is 25.6 Å². The number of amides is 1. The third kappa shape index (κ3) is 7.96. The minimum atomic E-state index is -5.08. The number of fused-ring (bicyclic) bond motifs is 1. The van der Waals surface area contributed by atoms with Crippen LogP contribution < -0.4 is 10.6 Å². The van der Waals surface area contributed by atoms with E-state index in [1.54, 1.807) is 29.2 Å². The summed E-state index contributed by atoms with van der Waals surface area (Å²) in [4.78, 5) is 28.3. The zero-order valence-electron chi connectivity index (χ0n) is 22.5. The fourth-order valence-corrected chi connectivity index (χ4v) is 4.30. The molecule has 10 nitrogen and oxygen atoms in total. The molecule has 1 aliphatic heterocycles. The second-order valence-corrected chi connectivity index (χ2v) is 9.68. The van der Waals surface area contributed by atoms with Crippen molar-refractivity contribution < 1.29 is 32.6 Å². The lowest BCUT2D eigenvalue weighted by molar-refractivity contribution is -0.192. The van der Waals surface area contributed by atoms with Crippen LogP contribution in [0.3, 0.4) is 0 Å². The van der Waals surface area contributed by atoms with Gasteiger partial charge in [0.2, 0.25) is 0 Å². The number of ether oxygens (including phenoxy) is 1. The summed E-state index contributed by atoms with van der Waals surface area (Å²) in [6.45, 7) is 6.66. The highest BCUT2D eigenvalue weighted by Crippen LogP contribution is 2.30. The van der Waals surface area contributed by atoms with Gasteiger partial charge in [0.05, 0.1) is 35.6 Å². The molecule has 2 aromatic heterocycles. The van der Waals surface area contributed by atoms with E-state index < -0.39 is 12.1 Å². The van der Waals surface area contributed by atoms with Gasteiger partial charge in [-0.25, -0.2) is 14.5 Å². The number of aryl methyl sites for hydroxylation is 1. The van der Waals surface area contributed by atoms with Gasteiger partial charge in [-0.05, 0) is 48.9 Å². The molecular weight excluding hydrogens is 577 g/mol. The predicted octanol–water partition coefficient (Wildman–Crippen LogP) is 4.82. The monoisotopic (exact) mass is 604 g/mol. The number of hydrogen-bond acceptors (Lipinski definition) is 7. The molecule has 0 aliphatic carbocycles. The van der Waals surface area contributed by atoms with Gasteiger partial charge in [-0.2, -0.15) is 18.3 Å². The smallest absolute Gasteiger partial charge is 0.475 e. The highest BCUT2D eigenvalue weighted by Gasteiger charge is 2.38. The summed E-state index contributed by atoms with van der Waals surface area (Å²) in [5.74, 6) is -2.30. The van der Waals surface area contributed by atoms with E-state index in [0.29, 0.717) is 22.9 Å². The van der Waals surface area contributed by atoms with E-state index in [9.17, 15) is 18.0 Å². The molecule has 0 radical (unpaired) electrons. The molecule has 2 aromatic carbocycles. The molecule has 42 heavy (non-hydrogen) atoms. The van der Waals surface area contributed by atoms with Crippen LogP contribution in [-0.4, -0.2) is 82.2 Å². The first-order chi connectivity index (χ1) is 20.0. The summed E-state index contributed by atoms with van der Waals surface area (Å²) in [6, 6.07) is 15.3. The van der Waals surface area contributed by atoms with E-state index in [0.717, 1.165) is 60.7 Å². The Labute approximate surface area is 244 Å². The average Bonchev–Trinajstić information content (AvgIpc) is 3.39. The lowest BCUT2D eigenvalue weighted by Crippen LogP contribution is -2.41. The highest BCUT2D eigenvalue weighted by atomic mass is 35.5. The Morgan fingerprint density at radius 1 is 1.12 bits per heavy atom. The summed E-state index contributed by atoms with van der Waals surface area (Å²) in [6.07, 6.45) is -1.66. The molecule has 1 fully saturated rings. The molecule has 3 N–H and O–H groups in total. The maximum Gasteiger partial charge on any atom is 0.490 e. The average molecular weight is 605 g/mol. The number of carboxylic acid groups (broad SMARTS) is 1. The Balaban J connectivity index is 0.000000517. The van der Waals surface area contributed by atoms with Crippen molar-refractivity contribution >= 4 is 45.8 Å². The summed E-state index contributed by atoms with van der Waals surface area (Å²) < 4.78 is 38.8. The van der Waals surface area contributed by atoms with Crippen molar-refractivity contribution in [2.75, 3.05) is 44.7 Å². The fourth-order valence-electron chi connectivity index (χ4n) is 4.12. The third-order valence-corrected chi connectivity index (χ3v) is 6.82. The Bertz CT molecular complexity index is 1560. The van der Waals surface area contributed by atoms with E-state index in [1.165, 1.54) is 0 Å². The van der Waals surface area contributed by atoms with Crippen molar-refractivity contribution in [3.63, 3.8) is 0 Å². The first kappa shape index (κ1) is 30.8. The van der Waals surface area contributed by atoms with E-state index in [1.807, 2.05) is 43.3 Å². The van der Waals surface area contributed by atoms with Crippen LogP contribution in [0.15, 0.2) is 60.9 Å². The largest absolute Gasteiger partial charge is 0.490 e. The van der Waals surface area contributed by atoms with Crippen LogP contribution >= 0.6 is 11.6 Å². The maximum atomic E-state index is 12.7. The predicted molar refractivity (Wildman–Crippen MR) is 152 cm³/mol. The van der Waals surface area contributed by atoms with Crippen molar-refractivity contribution in [3.8, 4) is 5.82 Å². The Morgan fingerprint density at radius 2 is 1.86 bits per heavy atom. The molecule has 0 bridgehead atoms. The van der Waals surface area contributed by atoms with Crippen LogP contribution in [0.1, 0.15) is 15.9 Å². The van der Waals surface area contributed by atoms with Gasteiger partial charge in [-0.3, -0.25) is 9.69 Å². The number of benzene rings is 2. The number of nitrogens with zero attached hydrogens (tertiary/aromatic N) is 4. The Morgan fingerprint density at radius 3 is 2.57 bits per heavy atom. The standard InChI is InChI=1S/C26H27ClN6O2.C2HF3O2/c1-18-3-2-4-22(25(18)27)31-21-5-6-23-20(15-21)17-30-33(23)24-16-19(7-8-28-24)26(34)29-9-10-32-11-13-35-14-12-32;3-2(4,5)1(6)7/h2-8,15-17,31H,9-14H2,1H3,(H,29,34);(H,6,7). The number of aromatic nitrogens is 3. The second kappa shape index (κ2) is 13.6. The minimum absolute atomic E-state index is 0.125. The van der Waals surface area contributed by atoms with Crippen LogP contribution in [0.4, 0.5) is 24.5 Å². The van der Waals surface area contributed by atoms with Gasteiger partial charge >= 0.3 is 12.1 Å². The van der Waals surface area contributed by atoms with E-state index in [4.69, 9.17) is 26.2 Å². The van der Waals surface area contributed by atoms with Crippen LogP contribution in [0.5, 0.6) is 0 Å². The minimum Gasteiger partial charge on any atom is -0.475 e. The Kier molecular flexibility index (Phi) is 9.99.